The standard InChI is InChI=1S/C22H28N2O2/c1-18-9-13-23-16-20(18)21(26)24-14-11-22(17-25,12-15-24)10-5-8-19-6-3-2-4-7-19/h2-4,6-7,9,13,16,25H,5,8,10-12,14-15,17H2,1H3. The number of carbonyl (C=O) groups excluding carboxylic acids is 1. The normalized spacial score (nSPS) is 16.5. The highest BCUT2D eigenvalue weighted by molar-refractivity contribution is 5.95. The molecule has 4 heteroatoms. The number of amides is 1. The van der Waals surface area contributed by atoms with E-state index in [1.165, 1.54) is 5.56 Å². The molecule has 0 bridgehead atoms. The number of nitrogens with zero attached hydrogens (tertiary/aromatic N) is 2. The highest BCUT2D eigenvalue weighted by Gasteiger charge is 2.35. The number of benzene rings is 1. The molecule has 0 spiro atoms. The van der Waals surface area contributed by atoms with Gasteiger partial charge < -0.3 is 10.0 Å². The van der Waals surface area contributed by atoms with E-state index in [-0.39, 0.29) is 17.9 Å². The maximum Gasteiger partial charge on any atom is 0.255 e. The van der Waals surface area contributed by atoms with E-state index in [4.69, 9.17) is 0 Å². The molecule has 0 atom stereocenters. The molecule has 0 aliphatic carbocycles. The average Bonchev–Trinajstić information content (AvgIpc) is 2.69. The number of aromatic nitrogens is 1. The van der Waals surface area contributed by atoms with Gasteiger partial charge >= 0.3 is 0 Å². The van der Waals surface area contributed by atoms with E-state index in [1.54, 1.807) is 12.4 Å². The smallest absolute Gasteiger partial charge is 0.255 e. The summed E-state index contributed by atoms with van der Waals surface area (Å²) in [7, 11) is 0. The molecule has 1 aromatic heterocycles. The number of aryl methyl sites for hydroxylation is 2. The van der Waals surface area contributed by atoms with Gasteiger partial charge in [-0.3, -0.25) is 9.78 Å². The lowest BCUT2D eigenvalue weighted by molar-refractivity contribution is 0.0303. The molecule has 0 unspecified atom stereocenters. The molecule has 1 saturated heterocycles. The minimum atomic E-state index is -0.0461. The van der Waals surface area contributed by atoms with Gasteiger partial charge in [-0.05, 0) is 61.6 Å². The zero-order valence-corrected chi connectivity index (χ0v) is 15.5. The zero-order valence-electron chi connectivity index (χ0n) is 15.5. The maximum absolute atomic E-state index is 12.7. The van der Waals surface area contributed by atoms with Crippen molar-refractivity contribution in [1.29, 1.82) is 0 Å². The third-order valence-electron chi connectivity index (χ3n) is 5.73. The van der Waals surface area contributed by atoms with Crippen LogP contribution in [0.1, 0.15) is 47.2 Å². The summed E-state index contributed by atoms with van der Waals surface area (Å²) >= 11 is 0. The minimum absolute atomic E-state index is 0.0461. The largest absolute Gasteiger partial charge is 0.396 e. The first-order valence-electron chi connectivity index (χ1n) is 9.48. The molecule has 1 aliphatic heterocycles. The molecule has 1 aromatic carbocycles. The number of aliphatic hydroxyl groups excluding tert-OH is 1. The van der Waals surface area contributed by atoms with Crippen LogP contribution >= 0.6 is 0 Å². The number of piperidine rings is 1. The molecule has 26 heavy (non-hydrogen) atoms. The first kappa shape index (κ1) is 18.6. The van der Waals surface area contributed by atoms with Gasteiger partial charge in [-0.25, -0.2) is 0 Å². The molecule has 1 N–H and O–H groups in total. The monoisotopic (exact) mass is 352 g/mol. The third kappa shape index (κ3) is 4.31. The topological polar surface area (TPSA) is 53.4 Å². The highest BCUT2D eigenvalue weighted by Crippen LogP contribution is 2.36. The molecule has 0 saturated carbocycles. The number of rotatable bonds is 6. The molecule has 1 aliphatic rings. The van der Waals surface area contributed by atoms with E-state index in [0.29, 0.717) is 18.7 Å². The number of hydrogen-bond donors (Lipinski definition) is 1. The molecule has 3 rings (SSSR count). The van der Waals surface area contributed by atoms with Gasteiger partial charge in [0, 0.05) is 32.1 Å². The van der Waals surface area contributed by atoms with E-state index in [1.807, 2.05) is 24.0 Å². The SMILES string of the molecule is Cc1ccncc1C(=O)N1CCC(CO)(CCCc2ccccc2)CC1. The minimum Gasteiger partial charge on any atom is -0.396 e. The van der Waals surface area contributed by atoms with Crippen LogP contribution in [-0.2, 0) is 6.42 Å². The van der Waals surface area contributed by atoms with Gasteiger partial charge in [-0.1, -0.05) is 30.3 Å². The molecule has 4 nitrogen and oxygen atoms in total. The second-order valence-corrected chi connectivity index (χ2v) is 7.48. The van der Waals surface area contributed by atoms with Gasteiger partial charge in [0.15, 0.2) is 0 Å². The number of pyridine rings is 1. The lowest BCUT2D eigenvalue weighted by Crippen LogP contribution is -2.45. The molecule has 0 radical (unpaired) electrons. The Morgan fingerprint density at radius 1 is 1.19 bits per heavy atom. The van der Waals surface area contributed by atoms with Crippen molar-refractivity contribution in [3.8, 4) is 0 Å². The summed E-state index contributed by atoms with van der Waals surface area (Å²) in [6, 6.07) is 12.4. The molecular formula is C22H28N2O2. The second kappa shape index (κ2) is 8.45. The van der Waals surface area contributed by atoms with Crippen molar-refractivity contribution >= 4 is 5.91 Å². The summed E-state index contributed by atoms with van der Waals surface area (Å²) in [6.07, 6.45) is 8.22. The van der Waals surface area contributed by atoms with E-state index in [0.717, 1.165) is 37.7 Å². The third-order valence-corrected chi connectivity index (χ3v) is 5.73. The average molecular weight is 352 g/mol. The Morgan fingerprint density at radius 2 is 1.92 bits per heavy atom. The van der Waals surface area contributed by atoms with Crippen molar-refractivity contribution in [2.75, 3.05) is 19.7 Å². The van der Waals surface area contributed by atoms with Gasteiger partial charge in [0.25, 0.3) is 5.91 Å². The quantitative estimate of drug-likeness (QED) is 0.864. The fourth-order valence-corrected chi connectivity index (χ4v) is 3.84. The predicted octanol–water partition coefficient (Wildman–Crippen LogP) is 3.63. The first-order chi connectivity index (χ1) is 12.6. The molecule has 138 valence electrons. The highest BCUT2D eigenvalue weighted by atomic mass is 16.3. The summed E-state index contributed by atoms with van der Waals surface area (Å²) in [5.74, 6) is 0.0615. The number of carbonyl (C=O) groups is 1. The van der Waals surface area contributed by atoms with Crippen LogP contribution in [0.4, 0.5) is 0 Å². The van der Waals surface area contributed by atoms with Crippen molar-refractivity contribution in [3.63, 3.8) is 0 Å². The van der Waals surface area contributed by atoms with Gasteiger partial charge in [0.05, 0.1) is 5.56 Å². The van der Waals surface area contributed by atoms with Crippen LogP contribution in [0, 0.1) is 12.3 Å². The van der Waals surface area contributed by atoms with Crippen LogP contribution < -0.4 is 0 Å². The van der Waals surface area contributed by atoms with Crippen LogP contribution in [-0.4, -0.2) is 40.6 Å². The zero-order chi connectivity index (χ0) is 18.4. The van der Waals surface area contributed by atoms with Crippen LogP contribution in [0.15, 0.2) is 48.8 Å². The van der Waals surface area contributed by atoms with Gasteiger partial charge in [0.2, 0.25) is 0 Å². The van der Waals surface area contributed by atoms with Crippen LogP contribution in [0.3, 0.4) is 0 Å². The van der Waals surface area contributed by atoms with Crippen LogP contribution in [0.5, 0.6) is 0 Å². The number of likely N-dealkylation sites (tertiary alicyclic amines) is 1. The second-order valence-electron chi connectivity index (χ2n) is 7.48. The summed E-state index contributed by atoms with van der Waals surface area (Å²) in [4.78, 5) is 18.7. The Morgan fingerprint density at radius 3 is 2.58 bits per heavy atom. The van der Waals surface area contributed by atoms with Crippen molar-refractivity contribution < 1.29 is 9.90 Å². The van der Waals surface area contributed by atoms with E-state index in [9.17, 15) is 9.90 Å². The Bertz CT molecular complexity index is 722. The molecule has 2 aromatic rings. The summed E-state index contributed by atoms with van der Waals surface area (Å²) in [5, 5.41) is 10.0. The lowest BCUT2D eigenvalue weighted by atomic mass is 9.75. The van der Waals surface area contributed by atoms with E-state index < -0.39 is 0 Å². The van der Waals surface area contributed by atoms with Crippen LogP contribution in [0.25, 0.3) is 0 Å². The van der Waals surface area contributed by atoms with Gasteiger partial charge in [-0.2, -0.15) is 0 Å². The van der Waals surface area contributed by atoms with Crippen molar-refractivity contribution in [2.24, 2.45) is 5.41 Å². The number of aliphatic hydroxyl groups is 1. The lowest BCUT2D eigenvalue weighted by Gasteiger charge is -2.41. The van der Waals surface area contributed by atoms with E-state index >= 15 is 0 Å². The Hall–Kier alpha value is -2.20. The Labute approximate surface area is 155 Å². The van der Waals surface area contributed by atoms with Gasteiger partial charge in [0.1, 0.15) is 0 Å². The van der Waals surface area contributed by atoms with Crippen molar-refractivity contribution in [1.82, 2.24) is 9.88 Å². The maximum atomic E-state index is 12.7. The molecular weight excluding hydrogens is 324 g/mol. The van der Waals surface area contributed by atoms with Crippen LogP contribution in [0.2, 0.25) is 0 Å². The summed E-state index contributed by atoms with van der Waals surface area (Å²) < 4.78 is 0. The summed E-state index contributed by atoms with van der Waals surface area (Å²) in [5.41, 5.74) is 2.95. The molecule has 1 fully saturated rings. The summed E-state index contributed by atoms with van der Waals surface area (Å²) in [6.45, 7) is 3.56. The van der Waals surface area contributed by atoms with Crippen molar-refractivity contribution in [2.45, 2.75) is 39.0 Å². The molecule has 2 heterocycles. The number of hydrogen-bond acceptors (Lipinski definition) is 3. The van der Waals surface area contributed by atoms with Crippen molar-refractivity contribution in [3.05, 3.63) is 65.5 Å². The Balaban J connectivity index is 1.55. The fraction of sp³-hybridized carbons (Fsp3) is 0.455. The Kier molecular flexibility index (Phi) is 6.04. The molecule has 1 amide bonds. The van der Waals surface area contributed by atoms with Gasteiger partial charge in [-0.15, -0.1) is 0 Å². The first-order valence-corrected chi connectivity index (χ1v) is 9.48. The predicted molar refractivity (Wildman–Crippen MR) is 103 cm³/mol. The van der Waals surface area contributed by atoms with E-state index in [2.05, 4.69) is 29.2 Å². The fourth-order valence-electron chi connectivity index (χ4n) is 3.84.